The van der Waals surface area contributed by atoms with Gasteiger partial charge in [0.05, 0.1) is 11.8 Å². The maximum absolute atomic E-state index is 9.79. The lowest BCUT2D eigenvalue weighted by atomic mass is 9.87. The number of benzene rings is 1. The van der Waals surface area contributed by atoms with E-state index >= 15 is 0 Å². The summed E-state index contributed by atoms with van der Waals surface area (Å²) in [5.41, 5.74) is 0.926. The average molecular weight is 235 g/mol. The number of aliphatic hydroxyl groups is 1. The van der Waals surface area contributed by atoms with E-state index in [1.807, 2.05) is 30.5 Å². The van der Waals surface area contributed by atoms with E-state index < -0.39 is 0 Å². The molecule has 2 rings (SSSR count). The third-order valence-corrected chi connectivity index (χ3v) is 3.34. The molecule has 0 amide bonds. The standard InChI is InChI=1S/C13H17NOS/c15-13-4-2-1-3-10(13)9-14-11-5-7-12(16)8-6-11/h5-10,13,15-16H,1-4H2/t10-,13+/m1/s1. The molecule has 2 atom stereocenters. The van der Waals surface area contributed by atoms with Gasteiger partial charge in [-0.15, -0.1) is 12.6 Å². The lowest BCUT2D eigenvalue weighted by Gasteiger charge is -2.23. The molecule has 0 saturated heterocycles. The molecule has 0 heterocycles. The summed E-state index contributed by atoms with van der Waals surface area (Å²) >= 11 is 4.22. The molecule has 0 unspecified atom stereocenters. The van der Waals surface area contributed by atoms with Crippen LogP contribution in [-0.4, -0.2) is 17.4 Å². The van der Waals surface area contributed by atoms with Crippen molar-refractivity contribution >= 4 is 24.5 Å². The molecular formula is C13H17NOS. The van der Waals surface area contributed by atoms with Crippen LogP contribution in [-0.2, 0) is 0 Å². The van der Waals surface area contributed by atoms with E-state index in [0.29, 0.717) is 0 Å². The molecule has 0 aromatic heterocycles. The predicted molar refractivity (Wildman–Crippen MR) is 69.8 cm³/mol. The highest BCUT2D eigenvalue weighted by molar-refractivity contribution is 7.80. The van der Waals surface area contributed by atoms with Gasteiger partial charge in [0, 0.05) is 17.0 Å². The summed E-state index contributed by atoms with van der Waals surface area (Å²) in [5.74, 6) is 0.226. The van der Waals surface area contributed by atoms with Gasteiger partial charge in [-0.2, -0.15) is 0 Å². The zero-order valence-electron chi connectivity index (χ0n) is 9.21. The van der Waals surface area contributed by atoms with E-state index in [2.05, 4.69) is 17.6 Å². The van der Waals surface area contributed by atoms with Crippen molar-refractivity contribution in [1.82, 2.24) is 0 Å². The maximum Gasteiger partial charge on any atom is 0.0626 e. The largest absolute Gasteiger partial charge is 0.392 e. The second-order valence-corrected chi connectivity index (χ2v) is 4.83. The second kappa shape index (κ2) is 5.51. The Morgan fingerprint density at radius 1 is 1.19 bits per heavy atom. The first kappa shape index (κ1) is 11.7. The Kier molecular flexibility index (Phi) is 4.02. The molecule has 1 fully saturated rings. The van der Waals surface area contributed by atoms with Crippen LogP contribution in [0.5, 0.6) is 0 Å². The molecule has 0 bridgehead atoms. The minimum absolute atomic E-state index is 0.207. The molecule has 86 valence electrons. The van der Waals surface area contributed by atoms with Crippen molar-refractivity contribution < 1.29 is 5.11 Å². The number of hydrogen-bond acceptors (Lipinski definition) is 3. The molecule has 1 saturated carbocycles. The average Bonchev–Trinajstić information content (AvgIpc) is 2.30. The van der Waals surface area contributed by atoms with E-state index in [4.69, 9.17) is 0 Å². The summed E-state index contributed by atoms with van der Waals surface area (Å²) < 4.78 is 0. The van der Waals surface area contributed by atoms with Crippen LogP contribution in [0, 0.1) is 5.92 Å². The van der Waals surface area contributed by atoms with Crippen LogP contribution in [0.1, 0.15) is 25.7 Å². The summed E-state index contributed by atoms with van der Waals surface area (Å²) in [6.07, 6.45) is 5.99. The first-order valence-electron chi connectivity index (χ1n) is 5.77. The molecule has 1 aliphatic rings. The van der Waals surface area contributed by atoms with E-state index in [1.165, 1.54) is 6.42 Å². The van der Waals surface area contributed by atoms with Gasteiger partial charge in [0.2, 0.25) is 0 Å². The topological polar surface area (TPSA) is 32.6 Å². The Hall–Kier alpha value is -0.800. The molecule has 1 N–H and O–H groups in total. The molecule has 1 aliphatic carbocycles. The normalized spacial score (nSPS) is 26.1. The van der Waals surface area contributed by atoms with E-state index in [1.54, 1.807) is 0 Å². The first-order chi connectivity index (χ1) is 7.75. The Labute approximate surface area is 102 Å². The van der Waals surface area contributed by atoms with Crippen LogP contribution in [0.4, 0.5) is 5.69 Å². The smallest absolute Gasteiger partial charge is 0.0626 e. The number of hydrogen-bond donors (Lipinski definition) is 2. The Bertz CT molecular complexity index is 361. The van der Waals surface area contributed by atoms with E-state index in [-0.39, 0.29) is 12.0 Å². The zero-order valence-corrected chi connectivity index (χ0v) is 10.1. The second-order valence-electron chi connectivity index (χ2n) is 4.31. The Morgan fingerprint density at radius 2 is 1.88 bits per heavy atom. The molecule has 0 radical (unpaired) electrons. The fourth-order valence-electron chi connectivity index (χ4n) is 2.03. The van der Waals surface area contributed by atoms with E-state index in [9.17, 15) is 5.11 Å². The van der Waals surface area contributed by atoms with Crippen LogP contribution < -0.4 is 0 Å². The summed E-state index contributed by atoms with van der Waals surface area (Å²) in [4.78, 5) is 5.34. The summed E-state index contributed by atoms with van der Waals surface area (Å²) in [6, 6.07) is 7.72. The quantitative estimate of drug-likeness (QED) is 0.598. The fourth-order valence-corrected chi connectivity index (χ4v) is 2.18. The van der Waals surface area contributed by atoms with Gasteiger partial charge in [0.25, 0.3) is 0 Å². The summed E-state index contributed by atoms with van der Waals surface area (Å²) in [7, 11) is 0. The van der Waals surface area contributed by atoms with Crippen molar-refractivity contribution in [3.8, 4) is 0 Å². The highest BCUT2D eigenvalue weighted by Crippen LogP contribution is 2.24. The van der Waals surface area contributed by atoms with Crippen molar-refractivity contribution in [3.63, 3.8) is 0 Å². The van der Waals surface area contributed by atoms with Gasteiger partial charge in [-0.25, -0.2) is 0 Å². The number of aliphatic imine (C=N–C) groups is 1. The van der Waals surface area contributed by atoms with Gasteiger partial charge in [0.15, 0.2) is 0 Å². The zero-order chi connectivity index (χ0) is 11.4. The van der Waals surface area contributed by atoms with Crippen LogP contribution >= 0.6 is 12.6 Å². The van der Waals surface area contributed by atoms with Crippen molar-refractivity contribution in [3.05, 3.63) is 24.3 Å². The maximum atomic E-state index is 9.79. The summed E-state index contributed by atoms with van der Waals surface area (Å²) in [6.45, 7) is 0. The SMILES string of the molecule is O[C@H]1CCCC[C@@H]1C=Nc1ccc(S)cc1. The first-order valence-corrected chi connectivity index (χ1v) is 6.22. The molecular weight excluding hydrogens is 218 g/mol. The van der Waals surface area contributed by atoms with Gasteiger partial charge < -0.3 is 5.11 Å². The van der Waals surface area contributed by atoms with Crippen molar-refractivity contribution in [1.29, 1.82) is 0 Å². The molecule has 0 spiro atoms. The van der Waals surface area contributed by atoms with Crippen molar-refractivity contribution in [2.45, 2.75) is 36.7 Å². The third kappa shape index (κ3) is 3.09. The molecule has 16 heavy (non-hydrogen) atoms. The lowest BCUT2D eigenvalue weighted by molar-refractivity contribution is 0.103. The minimum Gasteiger partial charge on any atom is -0.392 e. The van der Waals surface area contributed by atoms with Gasteiger partial charge in [0.1, 0.15) is 0 Å². The molecule has 0 aliphatic heterocycles. The van der Waals surface area contributed by atoms with E-state index in [0.717, 1.165) is 29.8 Å². The number of nitrogens with zero attached hydrogens (tertiary/aromatic N) is 1. The summed E-state index contributed by atoms with van der Waals surface area (Å²) in [5, 5.41) is 9.79. The van der Waals surface area contributed by atoms with Gasteiger partial charge in [-0.05, 0) is 37.1 Å². The third-order valence-electron chi connectivity index (χ3n) is 3.05. The number of rotatable bonds is 2. The molecule has 2 nitrogen and oxygen atoms in total. The van der Waals surface area contributed by atoms with Crippen molar-refractivity contribution in [2.75, 3.05) is 0 Å². The number of aliphatic hydroxyl groups excluding tert-OH is 1. The molecule has 3 heteroatoms. The lowest BCUT2D eigenvalue weighted by Crippen LogP contribution is -2.25. The van der Waals surface area contributed by atoms with Gasteiger partial charge in [-0.3, -0.25) is 4.99 Å². The van der Waals surface area contributed by atoms with Gasteiger partial charge >= 0.3 is 0 Å². The van der Waals surface area contributed by atoms with Crippen LogP contribution in [0.2, 0.25) is 0 Å². The van der Waals surface area contributed by atoms with Crippen LogP contribution in [0.25, 0.3) is 0 Å². The Balaban J connectivity index is 2.00. The fraction of sp³-hybridized carbons (Fsp3) is 0.462. The predicted octanol–water partition coefficient (Wildman–Crippen LogP) is 3.23. The monoisotopic (exact) mass is 235 g/mol. The van der Waals surface area contributed by atoms with Crippen LogP contribution in [0.15, 0.2) is 34.2 Å². The molecule has 1 aromatic rings. The highest BCUT2D eigenvalue weighted by Gasteiger charge is 2.20. The van der Waals surface area contributed by atoms with Gasteiger partial charge in [-0.1, -0.05) is 12.8 Å². The number of thiol groups is 1. The Morgan fingerprint density at radius 3 is 2.56 bits per heavy atom. The van der Waals surface area contributed by atoms with Crippen molar-refractivity contribution in [2.24, 2.45) is 10.9 Å². The minimum atomic E-state index is -0.207. The highest BCUT2D eigenvalue weighted by atomic mass is 32.1. The van der Waals surface area contributed by atoms with Crippen LogP contribution in [0.3, 0.4) is 0 Å². The molecule has 1 aromatic carbocycles.